The lowest BCUT2D eigenvalue weighted by Crippen LogP contribution is -2.55. The van der Waals surface area contributed by atoms with Crippen LogP contribution in [0.15, 0.2) is 51.7 Å². The standard InChI is InChI=1S/C21H25BrN2O3/c1-19(2,3)11-25-14-6-8-17-20(4,10-14)21(12-26-18(23)24-21)15-9-13(22)5-7-16(15)27-17/h5-10,17H,11-12H2,1-4H3,(H2,23,24). The number of hydrogen-bond donors (Lipinski definition) is 1. The molecule has 0 bridgehead atoms. The summed E-state index contributed by atoms with van der Waals surface area (Å²) in [6, 6.07) is 6.19. The van der Waals surface area contributed by atoms with E-state index in [0.717, 1.165) is 21.5 Å². The van der Waals surface area contributed by atoms with Crippen molar-refractivity contribution in [1.29, 1.82) is 0 Å². The molecule has 0 saturated carbocycles. The van der Waals surface area contributed by atoms with Gasteiger partial charge in [-0.1, -0.05) is 36.7 Å². The minimum Gasteiger partial charge on any atom is -0.493 e. The molecule has 0 radical (unpaired) electrons. The van der Waals surface area contributed by atoms with Gasteiger partial charge in [0.05, 0.1) is 12.0 Å². The van der Waals surface area contributed by atoms with Crippen molar-refractivity contribution >= 4 is 22.0 Å². The maximum Gasteiger partial charge on any atom is 0.283 e. The van der Waals surface area contributed by atoms with E-state index in [4.69, 9.17) is 24.9 Å². The van der Waals surface area contributed by atoms with E-state index in [-0.39, 0.29) is 17.5 Å². The Kier molecular flexibility index (Phi) is 4.11. The third-order valence-electron chi connectivity index (χ3n) is 5.40. The summed E-state index contributed by atoms with van der Waals surface area (Å²) in [6.07, 6.45) is 5.97. The molecule has 144 valence electrons. The fourth-order valence-corrected chi connectivity index (χ4v) is 4.28. The predicted octanol–water partition coefficient (Wildman–Crippen LogP) is 4.27. The van der Waals surface area contributed by atoms with Gasteiger partial charge in [0.1, 0.15) is 29.8 Å². The number of aliphatic imine (C=N–C) groups is 1. The van der Waals surface area contributed by atoms with Crippen molar-refractivity contribution in [3.63, 3.8) is 0 Å². The second-order valence-corrected chi connectivity index (χ2v) is 9.73. The highest BCUT2D eigenvalue weighted by molar-refractivity contribution is 9.10. The van der Waals surface area contributed by atoms with Crippen LogP contribution in [-0.4, -0.2) is 25.3 Å². The first-order valence-corrected chi connectivity index (χ1v) is 9.91. The quantitative estimate of drug-likeness (QED) is 0.757. The number of rotatable bonds is 2. The molecule has 3 unspecified atom stereocenters. The fraction of sp³-hybridized carbons (Fsp3) is 0.476. The fourth-order valence-electron chi connectivity index (χ4n) is 3.91. The van der Waals surface area contributed by atoms with Gasteiger partial charge in [-0.3, -0.25) is 0 Å². The molecule has 1 aliphatic carbocycles. The highest BCUT2D eigenvalue weighted by atomic mass is 79.9. The molecule has 1 aromatic carbocycles. The average molecular weight is 433 g/mol. The number of nitrogens with zero attached hydrogens (tertiary/aromatic N) is 1. The van der Waals surface area contributed by atoms with Crippen LogP contribution < -0.4 is 10.5 Å². The normalized spacial score (nSPS) is 31.4. The molecule has 2 N–H and O–H groups in total. The molecule has 2 aliphatic heterocycles. The highest BCUT2D eigenvalue weighted by Crippen LogP contribution is 2.57. The van der Waals surface area contributed by atoms with E-state index in [2.05, 4.69) is 55.8 Å². The third-order valence-corrected chi connectivity index (χ3v) is 5.90. The van der Waals surface area contributed by atoms with Gasteiger partial charge in [0.15, 0.2) is 0 Å². The molecule has 0 fully saturated rings. The SMILES string of the molecule is CC(C)(C)COC1=CC2(C)C(C=C1)Oc1ccc(Br)cc1C21COC(N)=N1. The van der Waals surface area contributed by atoms with Gasteiger partial charge in [0, 0.05) is 10.0 Å². The summed E-state index contributed by atoms with van der Waals surface area (Å²) in [6.45, 7) is 9.59. The molecule has 27 heavy (non-hydrogen) atoms. The first kappa shape index (κ1) is 18.4. The number of hydrogen-bond acceptors (Lipinski definition) is 5. The second kappa shape index (κ2) is 6.03. The largest absolute Gasteiger partial charge is 0.493 e. The maximum absolute atomic E-state index is 6.34. The molecule has 0 saturated heterocycles. The summed E-state index contributed by atoms with van der Waals surface area (Å²) in [7, 11) is 0. The summed E-state index contributed by atoms with van der Waals surface area (Å²) in [5.74, 6) is 1.63. The number of amidine groups is 1. The van der Waals surface area contributed by atoms with E-state index in [1.165, 1.54) is 0 Å². The van der Waals surface area contributed by atoms with Gasteiger partial charge < -0.3 is 19.9 Å². The van der Waals surface area contributed by atoms with Crippen LogP contribution in [0.5, 0.6) is 5.75 Å². The molecular formula is C21H25BrN2O3. The minimum absolute atomic E-state index is 0.0731. The smallest absolute Gasteiger partial charge is 0.283 e. The van der Waals surface area contributed by atoms with Crippen LogP contribution in [-0.2, 0) is 15.0 Å². The molecule has 0 amide bonds. The lowest BCUT2D eigenvalue weighted by atomic mass is 9.61. The summed E-state index contributed by atoms with van der Waals surface area (Å²) in [4.78, 5) is 4.80. The van der Waals surface area contributed by atoms with Crippen LogP contribution in [0.2, 0.25) is 0 Å². The number of halogens is 1. The number of fused-ring (bicyclic) bond motifs is 4. The van der Waals surface area contributed by atoms with Gasteiger partial charge in [0.25, 0.3) is 6.02 Å². The average Bonchev–Trinajstić information content (AvgIpc) is 2.98. The molecule has 2 heterocycles. The summed E-state index contributed by atoms with van der Waals surface area (Å²) in [5, 5.41) is 0. The Labute approximate surface area is 168 Å². The summed E-state index contributed by atoms with van der Waals surface area (Å²) >= 11 is 3.57. The zero-order chi connectivity index (χ0) is 19.4. The molecule has 3 atom stereocenters. The summed E-state index contributed by atoms with van der Waals surface area (Å²) < 4.78 is 19.1. The van der Waals surface area contributed by atoms with Crippen molar-refractivity contribution in [2.75, 3.05) is 13.2 Å². The molecule has 1 spiro atoms. The summed E-state index contributed by atoms with van der Waals surface area (Å²) in [5.41, 5.74) is 5.85. The van der Waals surface area contributed by atoms with E-state index in [0.29, 0.717) is 13.2 Å². The van der Waals surface area contributed by atoms with E-state index in [9.17, 15) is 0 Å². The van der Waals surface area contributed by atoms with E-state index >= 15 is 0 Å². The molecule has 4 rings (SSSR count). The molecular weight excluding hydrogens is 408 g/mol. The highest BCUT2D eigenvalue weighted by Gasteiger charge is 2.61. The van der Waals surface area contributed by atoms with Crippen LogP contribution in [0.1, 0.15) is 33.3 Å². The van der Waals surface area contributed by atoms with Gasteiger partial charge in [-0.2, -0.15) is 0 Å². The Bertz CT molecular complexity index is 871. The van der Waals surface area contributed by atoms with Gasteiger partial charge in [-0.25, -0.2) is 4.99 Å². The van der Waals surface area contributed by atoms with Gasteiger partial charge in [-0.05, 0) is 48.8 Å². The van der Waals surface area contributed by atoms with E-state index in [1.807, 2.05) is 24.3 Å². The zero-order valence-corrected chi connectivity index (χ0v) is 17.7. The molecule has 6 heteroatoms. The van der Waals surface area contributed by atoms with Crippen molar-refractivity contribution < 1.29 is 14.2 Å². The second-order valence-electron chi connectivity index (χ2n) is 8.82. The number of allylic oxidation sites excluding steroid dienone is 1. The van der Waals surface area contributed by atoms with Gasteiger partial charge in [0.2, 0.25) is 0 Å². The van der Waals surface area contributed by atoms with Crippen LogP contribution in [0.3, 0.4) is 0 Å². The minimum atomic E-state index is -0.666. The molecule has 3 aliphatic rings. The Hall–Kier alpha value is -1.95. The number of ether oxygens (including phenoxy) is 3. The lowest BCUT2D eigenvalue weighted by molar-refractivity contribution is 0.0118. The lowest BCUT2D eigenvalue weighted by Gasteiger charge is -2.50. The molecule has 1 aromatic rings. The molecule has 5 nitrogen and oxygen atoms in total. The van der Waals surface area contributed by atoms with Gasteiger partial charge >= 0.3 is 0 Å². The number of benzene rings is 1. The van der Waals surface area contributed by atoms with Crippen LogP contribution in [0.4, 0.5) is 0 Å². The first-order chi connectivity index (χ1) is 12.6. The Balaban J connectivity index is 1.82. The van der Waals surface area contributed by atoms with Crippen molar-refractivity contribution in [1.82, 2.24) is 0 Å². The zero-order valence-electron chi connectivity index (χ0n) is 16.1. The number of nitrogens with two attached hydrogens (primary N) is 1. The van der Waals surface area contributed by atoms with Crippen LogP contribution in [0.25, 0.3) is 0 Å². The topological polar surface area (TPSA) is 66.1 Å². The molecule has 0 aromatic heterocycles. The van der Waals surface area contributed by atoms with Crippen molar-refractivity contribution in [3.05, 3.63) is 52.2 Å². The Morgan fingerprint density at radius 1 is 1.37 bits per heavy atom. The van der Waals surface area contributed by atoms with Crippen molar-refractivity contribution in [2.45, 2.75) is 39.3 Å². The Morgan fingerprint density at radius 3 is 2.81 bits per heavy atom. The van der Waals surface area contributed by atoms with Gasteiger partial charge in [-0.15, -0.1) is 0 Å². The third kappa shape index (κ3) is 2.94. The van der Waals surface area contributed by atoms with Crippen molar-refractivity contribution in [2.24, 2.45) is 21.6 Å². The van der Waals surface area contributed by atoms with E-state index < -0.39 is 11.0 Å². The first-order valence-electron chi connectivity index (χ1n) is 9.12. The van der Waals surface area contributed by atoms with Crippen LogP contribution in [0, 0.1) is 10.8 Å². The van der Waals surface area contributed by atoms with Crippen molar-refractivity contribution in [3.8, 4) is 5.75 Å². The Morgan fingerprint density at radius 2 is 2.15 bits per heavy atom. The maximum atomic E-state index is 6.34. The monoisotopic (exact) mass is 432 g/mol. The van der Waals surface area contributed by atoms with E-state index in [1.54, 1.807) is 0 Å². The van der Waals surface area contributed by atoms with Crippen LogP contribution >= 0.6 is 15.9 Å². The predicted molar refractivity (Wildman–Crippen MR) is 109 cm³/mol.